The van der Waals surface area contributed by atoms with Gasteiger partial charge < -0.3 is 9.47 Å². The van der Waals surface area contributed by atoms with Crippen molar-refractivity contribution in [2.24, 2.45) is 4.99 Å². The Labute approximate surface area is 263 Å². The fraction of sp³-hybridized carbons (Fsp3) is 0.152. The lowest BCUT2D eigenvalue weighted by molar-refractivity contribution is -0.122. The van der Waals surface area contributed by atoms with Gasteiger partial charge in [-0.1, -0.05) is 84.4 Å². The van der Waals surface area contributed by atoms with Crippen LogP contribution in [0.15, 0.2) is 107 Å². The second-order valence-corrected chi connectivity index (χ2v) is 11.9. The van der Waals surface area contributed by atoms with Crippen LogP contribution in [-0.2, 0) is 24.5 Å². The SMILES string of the molecule is CCOc1cc(/C=C2\SC(=NCc3ccccc3)N(Cc3ccccc3)C2=O)cc(I)c1OCc1ccc(Cl)cc1. The van der Waals surface area contributed by atoms with Crippen molar-refractivity contribution in [1.29, 1.82) is 0 Å². The molecule has 0 N–H and O–H groups in total. The second kappa shape index (κ2) is 14.1. The molecule has 1 aliphatic heterocycles. The molecular formula is C33H28ClIN2O3S. The van der Waals surface area contributed by atoms with E-state index in [9.17, 15) is 4.79 Å². The quantitative estimate of drug-likeness (QED) is 0.123. The van der Waals surface area contributed by atoms with Gasteiger partial charge in [-0.25, -0.2) is 0 Å². The number of carbonyl (C=O) groups excluding carboxylic acids is 1. The van der Waals surface area contributed by atoms with Crippen LogP contribution < -0.4 is 9.47 Å². The highest BCUT2D eigenvalue weighted by Gasteiger charge is 2.33. The van der Waals surface area contributed by atoms with Crippen molar-refractivity contribution in [1.82, 2.24) is 4.90 Å². The maximum absolute atomic E-state index is 13.7. The molecular weight excluding hydrogens is 667 g/mol. The van der Waals surface area contributed by atoms with E-state index in [-0.39, 0.29) is 5.91 Å². The van der Waals surface area contributed by atoms with Crippen molar-refractivity contribution in [3.05, 3.63) is 133 Å². The Bertz CT molecular complexity index is 1560. The summed E-state index contributed by atoms with van der Waals surface area (Å²) < 4.78 is 13.0. The summed E-state index contributed by atoms with van der Waals surface area (Å²) in [5.41, 5.74) is 4.00. The maximum Gasteiger partial charge on any atom is 0.267 e. The summed E-state index contributed by atoms with van der Waals surface area (Å²) in [7, 11) is 0. The van der Waals surface area contributed by atoms with Gasteiger partial charge in [0, 0.05) is 5.02 Å². The number of aliphatic imine (C=N–C) groups is 1. The van der Waals surface area contributed by atoms with Crippen LogP contribution in [0.1, 0.15) is 29.2 Å². The Balaban J connectivity index is 1.42. The number of hydrogen-bond donors (Lipinski definition) is 0. The van der Waals surface area contributed by atoms with Gasteiger partial charge in [-0.3, -0.25) is 14.7 Å². The Kier molecular flexibility index (Phi) is 10.0. The summed E-state index contributed by atoms with van der Waals surface area (Å²) >= 11 is 9.67. The average molecular weight is 695 g/mol. The van der Waals surface area contributed by atoms with Crippen molar-refractivity contribution in [2.75, 3.05) is 6.61 Å². The van der Waals surface area contributed by atoms with Crippen molar-refractivity contribution >= 4 is 63.1 Å². The van der Waals surface area contributed by atoms with Crippen LogP contribution in [0.25, 0.3) is 6.08 Å². The third-order valence-electron chi connectivity index (χ3n) is 6.24. The lowest BCUT2D eigenvalue weighted by Crippen LogP contribution is -2.28. The standard InChI is InChI=1S/C33H28ClIN2O3S/c1-2-39-29-18-26(17-28(35)31(29)40-22-25-13-15-27(34)16-14-25)19-30-32(38)37(21-24-11-7-4-8-12-24)33(41-30)36-20-23-9-5-3-6-10-23/h3-19H,2,20-22H2,1H3/b30-19-,36-33?. The molecule has 1 amide bonds. The van der Waals surface area contributed by atoms with E-state index < -0.39 is 0 Å². The number of hydrogen-bond acceptors (Lipinski definition) is 5. The predicted molar refractivity (Wildman–Crippen MR) is 176 cm³/mol. The van der Waals surface area contributed by atoms with Gasteiger partial charge in [-0.15, -0.1) is 0 Å². The molecule has 0 atom stereocenters. The molecule has 1 fully saturated rings. The molecule has 8 heteroatoms. The van der Waals surface area contributed by atoms with E-state index in [0.29, 0.717) is 52.9 Å². The van der Waals surface area contributed by atoms with Crippen molar-refractivity contribution in [3.63, 3.8) is 0 Å². The van der Waals surface area contributed by atoms with E-state index in [1.54, 1.807) is 4.90 Å². The minimum Gasteiger partial charge on any atom is -0.490 e. The number of benzene rings is 4. The topological polar surface area (TPSA) is 51.1 Å². The number of thioether (sulfide) groups is 1. The number of carbonyl (C=O) groups is 1. The highest BCUT2D eigenvalue weighted by Crippen LogP contribution is 2.38. The minimum absolute atomic E-state index is 0.0679. The van der Waals surface area contributed by atoms with Crippen LogP contribution in [0.5, 0.6) is 11.5 Å². The van der Waals surface area contributed by atoms with Crippen LogP contribution in [0, 0.1) is 3.57 Å². The molecule has 41 heavy (non-hydrogen) atoms. The average Bonchev–Trinajstić information content (AvgIpc) is 3.27. The van der Waals surface area contributed by atoms with Crippen LogP contribution >= 0.6 is 46.0 Å². The molecule has 0 unspecified atom stereocenters. The third-order valence-corrected chi connectivity index (χ3v) is 8.33. The molecule has 5 rings (SSSR count). The van der Waals surface area contributed by atoms with E-state index in [1.165, 1.54) is 11.8 Å². The second-order valence-electron chi connectivity index (χ2n) is 9.25. The first kappa shape index (κ1) is 29.2. The molecule has 0 bridgehead atoms. The number of halogens is 2. The summed E-state index contributed by atoms with van der Waals surface area (Å²) in [4.78, 5) is 20.9. The van der Waals surface area contributed by atoms with Gasteiger partial charge in [0.1, 0.15) is 6.61 Å². The van der Waals surface area contributed by atoms with E-state index in [4.69, 9.17) is 26.1 Å². The number of amides is 1. The van der Waals surface area contributed by atoms with Crippen LogP contribution in [0.4, 0.5) is 0 Å². The van der Waals surface area contributed by atoms with Crippen LogP contribution in [0.2, 0.25) is 5.02 Å². The fourth-order valence-corrected chi connectivity index (χ4v) is 6.12. The summed E-state index contributed by atoms with van der Waals surface area (Å²) in [5, 5.41) is 1.38. The normalized spacial score (nSPS) is 15.1. The summed E-state index contributed by atoms with van der Waals surface area (Å²) in [5.74, 6) is 1.24. The zero-order valence-electron chi connectivity index (χ0n) is 22.4. The Morgan fingerprint density at radius 2 is 1.59 bits per heavy atom. The monoisotopic (exact) mass is 694 g/mol. The van der Waals surface area contributed by atoms with Crippen molar-refractivity contribution < 1.29 is 14.3 Å². The molecule has 0 aliphatic carbocycles. The van der Waals surface area contributed by atoms with Gasteiger partial charge in [0.15, 0.2) is 16.7 Å². The van der Waals surface area contributed by atoms with Gasteiger partial charge >= 0.3 is 0 Å². The first-order valence-electron chi connectivity index (χ1n) is 13.2. The van der Waals surface area contributed by atoms with Gasteiger partial charge in [0.2, 0.25) is 0 Å². The molecule has 0 saturated carbocycles. The summed E-state index contributed by atoms with van der Waals surface area (Å²) in [6, 6.07) is 31.5. The zero-order valence-corrected chi connectivity index (χ0v) is 26.2. The van der Waals surface area contributed by atoms with Crippen molar-refractivity contribution in [3.8, 4) is 11.5 Å². The molecule has 1 heterocycles. The van der Waals surface area contributed by atoms with E-state index in [2.05, 4.69) is 22.6 Å². The Morgan fingerprint density at radius 3 is 2.27 bits per heavy atom. The predicted octanol–water partition coefficient (Wildman–Crippen LogP) is 8.60. The molecule has 4 aromatic carbocycles. The molecule has 1 saturated heterocycles. The van der Waals surface area contributed by atoms with E-state index in [1.807, 2.05) is 110 Å². The lowest BCUT2D eigenvalue weighted by Gasteiger charge is -2.16. The largest absolute Gasteiger partial charge is 0.490 e. The summed E-state index contributed by atoms with van der Waals surface area (Å²) in [6.07, 6.45) is 1.91. The first-order valence-corrected chi connectivity index (χ1v) is 15.4. The van der Waals surface area contributed by atoms with Gasteiger partial charge in [0.25, 0.3) is 5.91 Å². The smallest absolute Gasteiger partial charge is 0.267 e. The first-order chi connectivity index (χ1) is 20.0. The molecule has 0 radical (unpaired) electrons. The fourth-order valence-electron chi connectivity index (χ4n) is 4.24. The highest BCUT2D eigenvalue weighted by atomic mass is 127. The molecule has 0 aromatic heterocycles. The Morgan fingerprint density at radius 1 is 0.902 bits per heavy atom. The Hall–Kier alpha value is -3.27. The minimum atomic E-state index is -0.0679. The number of ether oxygens (including phenoxy) is 2. The van der Waals surface area contributed by atoms with Gasteiger partial charge in [-0.2, -0.15) is 0 Å². The van der Waals surface area contributed by atoms with Crippen LogP contribution in [0.3, 0.4) is 0 Å². The number of nitrogens with zero attached hydrogens (tertiary/aromatic N) is 2. The highest BCUT2D eigenvalue weighted by molar-refractivity contribution is 14.1. The van der Waals surface area contributed by atoms with Gasteiger partial charge in [-0.05, 0) is 93.9 Å². The third kappa shape index (κ3) is 7.72. The maximum atomic E-state index is 13.7. The molecule has 0 spiro atoms. The van der Waals surface area contributed by atoms with Crippen molar-refractivity contribution in [2.45, 2.75) is 26.6 Å². The van der Waals surface area contributed by atoms with Gasteiger partial charge in [0.05, 0.1) is 28.2 Å². The molecule has 5 nitrogen and oxygen atoms in total. The molecule has 4 aromatic rings. The van der Waals surface area contributed by atoms with E-state index >= 15 is 0 Å². The lowest BCUT2D eigenvalue weighted by atomic mass is 10.1. The van der Waals surface area contributed by atoms with Crippen LogP contribution in [-0.4, -0.2) is 22.6 Å². The molecule has 1 aliphatic rings. The summed E-state index contributed by atoms with van der Waals surface area (Å²) in [6.45, 7) is 3.77. The number of amidine groups is 1. The molecule has 208 valence electrons. The van der Waals surface area contributed by atoms with E-state index in [0.717, 1.165) is 25.8 Å². The number of rotatable bonds is 10. The zero-order chi connectivity index (χ0) is 28.6.